The summed E-state index contributed by atoms with van der Waals surface area (Å²) in [5.74, 6) is -0.337. The minimum Gasteiger partial charge on any atom is -0.465 e. The molecule has 104 valence electrons. The van der Waals surface area contributed by atoms with E-state index in [2.05, 4.69) is 0 Å². The van der Waals surface area contributed by atoms with Crippen LogP contribution in [0, 0.1) is 0 Å². The lowest BCUT2D eigenvalue weighted by atomic mass is 10.00. The van der Waals surface area contributed by atoms with Crippen molar-refractivity contribution in [3.8, 4) is 16.8 Å². The van der Waals surface area contributed by atoms with E-state index in [9.17, 15) is 4.79 Å². The lowest BCUT2D eigenvalue weighted by molar-refractivity contribution is 0.0601. The van der Waals surface area contributed by atoms with Crippen LogP contribution in [0.15, 0.2) is 73.1 Å². The van der Waals surface area contributed by atoms with Crippen molar-refractivity contribution in [3.05, 3.63) is 78.6 Å². The van der Waals surface area contributed by atoms with Crippen LogP contribution in [0.2, 0.25) is 0 Å². The Balaban J connectivity index is 2.28. The van der Waals surface area contributed by atoms with Crippen LogP contribution >= 0.6 is 0 Å². The molecule has 0 saturated carbocycles. The Morgan fingerprint density at radius 2 is 1.62 bits per heavy atom. The van der Waals surface area contributed by atoms with Crippen molar-refractivity contribution in [1.82, 2.24) is 4.57 Å². The molecule has 21 heavy (non-hydrogen) atoms. The summed E-state index contributed by atoms with van der Waals surface area (Å²) in [6.45, 7) is 0. The smallest absolute Gasteiger partial charge is 0.340 e. The number of nitrogens with zero attached hydrogens (tertiary/aromatic N) is 1. The van der Waals surface area contributed by atoms with Crippen molar-refractivity contribution in [2.45, 2.75) is 0 Å². The number of carbonyl (C=O) groups excluding carboxylic acids is 1. The van der Waals surface area contributed by atoms with Crippen LogP contribution in [-0.4, -0.2) is 17.6 Å². The second-order valence-electron chi connectivity index (χ2n) is 4.65. The molecule has 3 rings (SSSR count). The van der Waals surface area contributed by atoms with Gasteiger partial charge in [-0.25, -0.2) is 4.79 Å². The third-order valence-corrected chi connectivity index (χ3v) is 3.39. The number of para-hydroxylation sites is 1. The molecule has 0 radical (unpaired) electrons. The molecule has 1 heterocycles. The van der Waals surface area contributed by atoms with Crippen LogP contribution in [-0.2, 0) is 4.74 Å². The second-order valence-corrected chi connectivity index (χ2v) is 4.65. The highest BCUT2D eigenvalue weighted by molar-refractivity contribution is 5.97. The first-order valence-electron chi connectivity index (χ1n) is 6.71. The predicted molar refractivity (Wildman–Crippen MR) is 82.5 cm³/mol. The van der Waals surface area contributed by atoms with Crippen molar-refractivity contribution in [2.75, 3.05) is 7.11 Å². The molecule has 0 amide bonds. The molecular formula is C18H15NO2. The minimum atomic E-state index is -0.337. The first-order valence-corrected chi connectivity index (χ1v) is 6.71. The number of methoxy groups -OCH3 is 1. The van der Waals surface area contributed by atoms with Gasteiger partial charge in [-0.1, -0.05) is 42.5 Å². The average Bonchev–Trinajstić information content (AvgIpc) is 3.08. The monoisotopic (exact) mass is 277 g/mol. The number of esters is 1. The normalized spacial score (nSPS) is 10.3. The minimum absolute atomic E-state index is 0.337. The van der Waals surface area contributed by atoms with Crippen LogP contribution in [0.25, 0.3) is 16.8 Å². The zero-order valence-electron chi connectivity index (χ0n) is 11.7. The highest BCUT2D eigenvalue weighted by Gasteiger charge is 2.17. The lowest BCUT2D eigenvalue weighted by Gasteiger charge is -2.15. The van der Waals surface area contributed by atoms with Gasteiger partial charge in [0.2, 0.25) is 0 Å². The van der Waals surface area contributed by atoms with Gasteiger partial charge in [0, 0.05) is 18.0 Å². The van der Waals surface area contributed by atoms with E-state index in [0.717, 1.165) is 16.8 Å². The maximum absolute atomic E-state index is 12.1. The molecule has 3 heteroatoms. The Morgan fingerprint density at radius 3 is 2.29 bits per heavy atom. The molecule has 0 atom stereocenters. The van der Waals surface area contributed by atoms with Gasteiger partial charge in [-0.3, -0.25) is 0 Å². The SMILES string of the molecule is COC(=O)c1cccc(-c2ccccc2)c1-n1cccc1. The van der Waals surface area contributed by atoms with E-state index in [1.54, 1.807) is 6.07 Å². The quantitative estimate of drug-likeness (QED) is 0.679. The number of aromatic nitrogens is 1. The molecule has 0 N–H and O–H groups in total. The third kappa shape index (κ3) is 2.46. The van der Waals surface area contributed by atoms with E-state index in [0.29, 0.717) is 5.56 Å². The standard InChI is InChI=1S/C18H15NO2/c1-21-18(20)16-11-7-10-15(14-8-3-2-4-9-14)17(16)19-12-5-6-13-19/h2-13H,1H3. The van der Waals surface area contributed by atoms with Crippen LogP contribution in [0.4, 0.5) is 0 Å². The summed E-state index contributed by atoms with van der Waals surface area (Å²) in [6.07, 6.45) is 3.85. The Morgan fingerprint density at radius 1 is 0.905 bits per heavy atom. The van der Waals surface area contributed by atoms with Crippen LogP contribution in [0.1, 0.15) is 10.4 Å². The molecule has 3 aromatic rings. The third-order valence-electron chi connectivity index (χ3n) is 3.39. The number of benzene rings is 2. The fourth-order valence-electron chi connectivity index (χ4n) is 2.43. The zero-order chi connectivity index (χ0) is 14.7. The van der Waals surface area contributed by atoms with Crippen molar-refractivity contribution >= 4 is 5.97 Å². The van der Waals surface area contributed by atoms with E-state index in [-0.39, 0.29) is 5.97 Å². The summed E-state index contributed by atoms with van der Waals surface area (Å²) in [5.41, 5.74) is 3.44. The van der Waals surface area contributed by atoms with Crippen LogP contribution in [0.5, 0.6) is 0 Å². The molecule has 1 aromatic heterocycles. The van der Waals surface area contributed by atoms with Crippen molar-refractivity contribution in [2.24, 2.45) is 0 Å². The van der Waals surface area contributed by atoms with Gasteiger partial charge in [-0.15, -0.1) is 0 Å². The van der Waals surface area contributed by atoms with Gasteiger partial charge in [-0.2, -0.15) is 0 Å². The Kier molecular flexibility index (Phi) is 3.56. The fourth-order valence-corrected chi connectivity index (χ4v) is 2.43. The van der Waals surface area contributed by atoms with E-state index in [1.165, 1.54) is 7.11 Å². The van der Waals surface area contributed by atoms with Crippen LogP contribution in [0.3, 0.4) is 0 Å². The van der Waals surface area contributed by atoms with Gasteiger partial charge in [0.05, 0.1) is 18.4 Å². The molecule has 0 fully saturated rings. The predicted octanol–water partition coefficient (Wildman–Crippen LogP) is 3.93. The second kappa shape index (κ2) is 5.67. The van der Waals surface area contributed by atoms with Crippen molar-refractivity contribution < 1.29 is 9.53 Å². The summed E-state index contributed by atoms with van der Waals surface area (Å²) in [7, 11) is 1.40. The summed E-state index contributed by atoms with van der Waals surface area (Å²) < 4.78 is 6.85. The highest BCUT2D eigenvalue weighted by atomic mass is 16.5. The maximum Gasteiger partial charge on any atom is 0.340 e. The van der Waals surface area contributed by atoms with Gasteiger partial charge in [-0.05, 0) is 23.8 Å². The molecule has 0 bridgehead atoms. The Hall–Kier alpha value is -2.81. The Labute approximate surface area is 123 Å². The Bertz CT molecular complexity index is 746. The van der Waals surface area contributed by atoms with Gasteiger partial charge in [0.25, 0.3) is 0 Å². The topological polar surface area (TPSA) is 31.2 Å². The summed E-state index contributed by atoms with van der Waals surface area (Å²) in [4.78, 5) is 12.1. The van der Waals surface area contributed by atoms with Gasteiger partial charge in [0.15, 0.2) is 0 Å². The molecule has 0 unspecified atom stereocenters. The van der Waals surface area contributed by atoms with E-state index in [1.807, 2.05) is 71.6 Å². The van der Waals surface area contributed by atoms with Crippen LogP contribution < -0.4 is 0 Å². The largest absolute Gasteiger partial charge is 0.465 e. The number of ether oxygens (including phenoxy) is 1. The van der Waals surface area contributed by atoms with Gasteiger partial charge in [0.1, 0.15) is 0 Å². The summed E-state index contributed by atoms with van der Waals surface area (Å²) in [6, 6.07) is 19.5. The lowest BCUT2D eigenvalue weighted by Crippen LogP contribution is -2.08. The number of hydrogen-bond donors (Lipinski definition) is 0. The van der Waals surface area contributed by atoms with E-state index < -0.39 is 0 Å². The molecule has 0 aliphatic heterocycles. The number of hydrogen-bond acceptors (Lipinski definition) is 2. The molecule has 0 aliphatic carbocycles. The highest BCUT2D eigenvalue weighted by Crippen LogP contribution is 2.30. The van der Waals surface area contributed by atoms with E-state index >= 15 is 0 Å². The number of carbonyl (C=O) groups is 1. The average molecular weight is 277 g/mol. The van der Waals surface area contributed by atoms with Crippen molar-refractivity contribution in [1.29, 1.82) is 0 Å². The summed E-state index contributed by atoms with van der Waals surface area (Å²) in [5, 5.41) is 0. The van der Waals surface area contributed by atoms with Gasteiger partial charge < -0.3 is 9.30 Å². The number of rotatable bonds is 3. The molecule has 0 aliphatic rings. The molecule has 0 spiro atoms. The fraction of sp³-hybridized carbons (Fsp3) is 0.0556. The van der Waals surface area contributed by atoms with E-state index in [4.69, 9.17) is 4.74 Å². The first kappa shape index (κ1) is 13.2. The molecule has 2 aromatic carbocycles. The van der Waals surface area contributed by atoms with Gasteiger partial charge >= 0.3 is 5.97 Å². The first-order chi connectivity index (χ1) is 10.3. The molecule has 0 saturated heterocycles. The van der Waals surface area contributed by atoms with Crippen molar-refractivity contribution in [3.63, 3.8) is 0 Å². The zero-order valence-corrected chi connectivity index (χ0v) is 11.7. The molecule has 3 nitrogen and oxygen atoms in total. The maximum atomic E-state index is 12.1. The molecular weight excluding hydrogens is 262 g/mol. The summed E-state index contributed by atoms with van der Waals surface area (Å²) >= 11 is 0.